The van der Waals surface area contributed by atoms with Gasteiger partial charge in [0.15, 0.2) is 0 Å². The van der Waals surface area contributed by atoms with E-state index in [0.717, 1.165) is 28.6 Å². The highest BCUT2D eigenvalue weighted by molar-refractivity contribution is 5.97. The summed E-state index contributed by atoms with van der Waals surface area (Å²) >= 11 is 0. The molecule has 1 N–H and O–H groups in total. The maximum Gasteiger partial charge on any atom is 0.254 e. The Labute approximate surface area is 176 Å². The minimum Gasteiger partial charge on any atom is -0.337 e. The van der Waals surface area contributed by atoms with Crippen molar-refractivity contribution >= 4 is 34.9 Å². The number of piperazine rings is 1. The number of nitrogens with zero attached hydrogens (tertiary/aromatic N) is 3. The Hall–Kier alpha value is -3.41. The second kappa shape index (κ2) is 8.53. The van der Waals surface area contributed by atoms with Crippen molar-refractivity contribution in [2.75, 3.05) is 19.6 Å². The molecule has 1 aromatic heterocycles. The number of aromatic amines is 1. The maximum absolute atomic E-state index is 12.8. The predicted molar refractivity (Wildman–Crippen MR) is 119 cm³/mol. The van der Waals surface area contributed by atoms with E-state index in [4.69, 9.17) is 0 Å². The summed E-state index contributed by atoms with van der Waals surface area (Å²) in [7, 11) is 0. The number of H-pyrrole nitrogens is 1. The van der Waals surface area contributed by atoms with E-state index in [1.807, 2.05) is 72.5 Å². The van der Waals surface area contributed by atoms with Gasteiger partial charge >= 0.3 is 0 Å². The fourth-order valence-electron chi connectivity index (χ4n) is 3.75. The highest BCUT2D eigenvalue weighted by Crippen LogP contribution is 2.18. The number of carbonyl (C=O) groups is 2. The van der Waals surface area contributed by atoms with Gasteiger partial charge in [0.25, 0.3) is 5.91 Å². The number of amides is 2. The molecule has 2 aromatic carbocycles. The van der Waals surface area contributed by atoms with Crippen molar-refractivity contribution in [3.05, 3.63) is 65.4 Å². The molecule has 2 heterocycles. The van der Waals surface area contributed by atoms with Gasteiger partial charge in [-0.1, -0.05) is 43.3 Å². The van der Waals surface area contributed by atoms with Crippen LogP contribution in [-0.4, -0.2) is 57.5 Å². The van der Waals surface area contributed by atoms with Crippen LogP contribution < -0.4 is 0 Å². The van der Waals surface area contributed by atoms with Gasteiger partial charge in [0, 0.05) is 30.1 Å². The summed E-state index contributed by atoms with van der Waals surface area (Å²) in [6.07, 6.45) is 4.86. The molecule has 0 spiro atoms. The molecule has 1 fully saturated rings. The second-order valence-electron chi connectivity index (χ2n) is 7.68. The van der Waals surface area contributed by atoms with Crippen LogP contribution in [0.25, 0.3) is 23.1 Å². The van der Waals surface area contributed by atoms with E-state index < -0.39 is 0 Å². The van der Waals surface area contributed by atoms with Crippen LogP contribution in [0.15, 0.2) is 48.5 Å². The first-order chi connectivity index (χ1) is 14.6. The monoisotopic (exact) mass is 402 g/mol. The first kappa shape index (κ1) is 19.9. The van der Waals surface area contributed by atoms with E-state index in [1.165, 1.54) is 0 Å². The van der Waals surface area contributed by atoms with Gasteiger partial charge in [-0.2, -0.15) is 5.10 Å². The summed E-state index contributed by atoms with van der Waals surface area (Å²) < 4.78 is 0. The van der Waals surface area contributed by atoms with E-state index in [2.05, 4.69) is 17.1 Å². The zero-order chi connectivity index (χ0) is 21.1. The molecule has 6 heteroatoms. The largest absolute Gasteiger partial charge is 0.337 e. The number of hydrogen-bond donors (Lipinski definition) is 1. The summed E-state index contributed by atoms with van der Waals surface area (Å²) in [5.74, 6) is -0.0734. The first-order valence-corrected chi connectivity index (χ1v) is 10.4. The Kier molecular flexibility index (Phi) is 5.65. The lowest BCUT2D eigenvalue weighted by molar-refractivity contribution is -0.137. The summed E-state index contributed by atoms with van der Waals surface area (Å²) in [6.45, 7) is 5.44. The van der Waals surface area contributed by atoms with E-state index >= 15 is 0 Å². The minimum atomic E-state index is -0.0963. The highest BCUT2D eigenvalue weighted by atomic mass is 16.2. The number of aromatic nitrogens is 2. The molecule has 0 radical (unpaired) electrons. The lowest BCUT2D eigenvalue weighted by Gasteiger charge is -2.37. The van der Waals surface area contributed by atoms with Gasteiger partial charge in [-0.15, -0.1) is 0 Å². The number of para-hydroxylation sites is 1. The number of carbonyl (C=O) groups excluding carboxylic acids is 2. The molecule has 3 aromatic rings. The average Bonchev–Trinajstić information content (AvgIpc) is 3.20. The predicted octanol–water partition coefficient (Wildman–Crippen LogP) is 3.82. The summed E-state index contributed by atoms with van der Waals surface area (Å²) in [4.78, 5) is 28.7. The molecular weight excluding hydrogens is 376 g/mol. The van der Waals surface area contributed by atoms with Crippen LogP contribution in [-0.2, 0) is 4.79 Å². The van der Waals surface area contributed by atoms with Crippen LogP contribution in [0.1, 0.15) is 41.9 Å². The molecular formula is C24H26N4O2. The van der Waals surface area contributed by atoms with Gasteiger partial charge in [0.05, 0.1) is 11.2 Å². The normalized spacial score (nSPS) is 15.9. The van der Waals surface area contributed by atoms with E-state index in [9.17, 15) is 9.59 Å². The van der Waals surface area contributed by atoms with Crippen LogP contribution >= 0.6 is 0 Å². The Morgan fingerprint density at radius 1 is 1.13 bits per heavy atom. The Morgan fingerprint density at radius 2 is 1.90 bits per heavy atom. The smallest absolute Gasteiger partial charge is 0.254 e. The Morgan fingerprint density at radius 3 is 2.63 bits per heavy atom. The van der Waals surface area contributed by atoms with Crippen LogP contribution in [0.4, 0.5) is 0 Å². The fraction of sp³-hybridized carbons (Fsp3) is 0.292. The third-order valence-corrected chi connectivity index (χ3v) is 5.76. The minimum absolute atomic E-state index is 0.0229. The Bertz CT molecular complexity index is 1080. The molecule has 1 aliphatic heterocycles. The standard InChI is InChI=1S/C24H26N4O2/c1-3-17(2)28-15-14-27(16-23(28)29)24(30)19-11-8-18(9-12-19)10-13-22-20-6-4-5-7-21(20)25-26-22/h4-13,17H,3,14-16H2,1-2H3,(H,25,26)/b13-10+. The van der Waals surface area contributed by atoms with Crippen molar-refractivity contribution in [1.29, 1.82) is 0 Å². The van der Waals surface area contributed by atoms with E-state index in [0.29, 0.717) is 18.7 Å². The van der Waals surface area contributed by atoms with Gasteiger partial charge < -0.3 is 9.80 Å². The number of nitrogens with one attached hydrogen (secondary N) is 1. The van der Waals surface area contributed by atoms with Crippen molar-refractivity contribution in [2.45, 2.75) is 26.3 Å². The lowest BCUT2D eigenvalue weighted by Crippen LogP contribution is -2.54. The third-order valence-electron chi connectivity index (χ3n) is 5.76. The van der Waals surface area contributed by atoms with Crippen molar-refractivity contribution < 1.29 is 9.59 Å². The molecule has 4 rings (SSSR count). The molecule has 2 amide bonds. The van der Waals surface area contributed by atoms with Crippen molar-refractivity contribution in [3.8, 4) is 0 Å². The quantitative estimate of drug-likeness (QED) is 0.705. The molecule has 30 heavy (non-hydrogen) atoms. The zero-order valence-electron chi connectivity index (χ0n) is 17.3. The molecule has 154 valence electrons. The highest BCUT2D eigenvalue weighted by Gasteiger charge is 2.29. The average molecular weight is 402 g/mol. The molecule has 0 aliphatic carbocycles. The molecule has 1 saturated heterocycles. The molecule has 0 bridgehead atoms. The lowest BCUT2D eigenvalue weighted by atomic mass is 10.1. The van der Waals surface area contributed by atoms with Crippen molar-refractivity contribution in [1.82, 2.24) is 20.0 Å². The molecule has 0 saturated carbocycles. The van der Waals surface area contributed by atoms with E-state index in [1.54, 1.807) is 4.90 Å². The molecule has 6 nitrogen and oxygen atoms in total. The Balaban J connectivity index is 1.42. The van der Waals surface area contributed by atoms with E-state index in [-0.39, 0.29) is 24.4 Å². The van der Waals surface area contributed by atoms with Gasteiger partial charge in [-0.05, 0) is 43.2 Å². The maximum atomic E-state index is 12.8. The summed E-state index contributed by atoms with van der Waals surface area (Å²) in [5, 5.41) is 8.43. The van der Waals surface area contributed by atoms with Crippen LogP contribution in [0.5, 0.6) is 0 Å². The summed E-state index contributed by atoms with van der Waals surface area (Å²) in [5.41, 5.74) is 3.46. The first-order valence-electron chi connectivity index (χ1n) is 10.4. The number of benzene rings is 2. The SMILES string of the molecule is CCC(C)N1CCN(C(=O)c2ccc(/C=C/c3n[nH]c4ccccc34)cc2)CC1=O. The number of rotatable bonds is 5. The fourth-order valence-corrected chi connectivity index (χ4v) is 3.75. The number of fused-ring (bicyclic) bond motifs is 1. The van der Waals surface area contributed by atoms with Crippen LogP contribution in [0.3, 0.4) is 0 Å². The number of hydrogen-bond acceptors (Lipinski definition) is 3. The zero-order valence-corrected chi connectivity index (χ0v) is 17.3. The van der Waals surface area contributed by atoms with Gasteiger partial charge in [0.1, 0.15) is 6.54 Å². The van der Waals surface area contributed by atoms with Gasteiger partial charge in [-0.25, -0.2) is 0 Å². The topological polar surface area (TPSA) is 69.3 Å². The van der Waals surface area contributed by atoms with Gasteiger partial charge in [0.2, 0.25) is 5.91 Å². The third kappa shape index (κ3) is 3.99. The van der Waals surface area contributed by atoms with Crippen LogP contribution in [0, 0.1) is 0 Å². The molecule has 1 unspecified atom stereocenters. The summed E-state index contributed by atoms with van der Waals surface area (Å²) in [6, 6.07) is 15.7. The molecule has 1 aliphatic rings. The van der Waals surface area contributed by atoms with Crippen LogP contribution in [0.2, 0.25) is 0 Å². The van der Waals surface area contributed by atoms with Crippen molar-refractivity contribution in [2.24, 2.45) is 0 Å². The van der Waals surface area contributed by atoms with Crippen molar-refractivity contribution in [3.63, 3.8) is 0 Å². The van der Waals surface area contributed by atoms with Gasteiger partial charge in [-0.3, -0.25) is 14.7 Å². The second-order valence-corrected chi connectivity index (χ2v) is 7.68. The molecule has 1 atom stereocenters.